The zero-order valence-corrected chi connectivity index (χ0v) is 19.1. The minimum atomic E-state index is -0.717. The van der Waals surface area contributed by atoms with Crippen LogP contribution in [0.4, 0.5) is 8.78 Å². The monoisotopic (exact) mass is 505 g/mol. The number of benzene rings is 2. The number of rotatable bonds is 8. The van der Waals surface area contributed by atoms with E-state index in [2.05, 4.69) is 21.2 Å². The van der Waals surface area contributed by atoms with Gasteiger partial charge in [0.15, 0.2) is 0 Å². The number of hydrogen-bond donors (Lipinski definition) is 2. The van der Waals surface area contributed by atoms with Crippen molar-refractivity contribution in [3.63, 3.8) is 0 Å². The van der Waals surface area contributed by atoms with Gasteiger partial charge in [0, 0.05) is 35.6 Å². The highest BCUT2D eigenvalue weighted by molar-refractivity contribution is 9.10. The zero-order valence-electron chi connectivity index (χ0n) is 17.5. The van der Waals surface area contributed by atoms with E-state index >= 15 is 0 Å². The summed E-state index contributed by atoms with van der Waals surface area (Å²) in [5.41, 5.74) is 7.26. The molecular weight excluding hydrogens is 484 g/mol. The largest absolute Gasteiger partial charge is 0.487 e. The van der Waals surface area contributed by atoms with Crippen molar-refractivity contribution < 1.29 is 18.3 Å². The summed E-state index contributed by atoms with van der Waals surface area (Å²) in [7, 11) is 0. The van der Waals surface area contributed by atoms with Gasteiger partial charge in [-0.1, -0.05) is 12.1 Å². The topological polar surface area (TPSA) is 86.3 Å². The summed E-state index contributed by atoms with van der Waals surface area (Å²) in [4.78, 5) is 24.1. The molecule has 32 heavy (non-hydrogen) atoms. The van der Waals surface area contributed by atoms with Gasteiger partial charge < -0.3 is 15.8 Å². The van der Waals surface area contributed by atoms with E-state index in [1.807, 2.05) is 12.1 Å². The highest BCUT2D eigenvalue weighted by Crippen LogP contribution is 2.25. The molecule has 6 nitrogen and oxygen atoms in total. The van der Waals surface area contributed by atoms with Gasteiger partial charge in [0.25, 0.3) is 5.56 Å². The molecule has 0 radical (unpaired) electrons. The van der Waals surface area contributed by atoms with Crippen molar-refractivity contribution in [2.24, 2.45) is 5.73 Å². The smallest absolute Gasteiger partial charge is 0.273 e. The Hall–Kier alpha value is -3.04. The Bertz CT molecular complexity index is 1200. The number of carbonyl (C=O) groups is 1. The average Bonchev–Trinajstić information content (AvgIpc) is 2.75. The molecule has 0 bridgehead atoms. The third kappa shape index (κ3) is 5.41. The fourth-order valence-corrected chi connectivity index (χ4v) is 3.44. The van der Waals surface area contributed by atoms with Crippen LogP contribution < -0.4 is 21.3 Å². The van der Waals surface area contributed by atoms with Crippen LogP contribution >= 0.6 is 15.9 Å². The maximum absolute atomic E-state index is 13.8. The lowest BCUT2D eigenvalue weighted by Gasteiger charge is -2.15. The molecule has 0 aliphatic carbocycles. The molecule has 2 aromatic carbocycles. The van der Waals surface area contributed by atoms with Crippen LogP contribution in [-0.4, -0.2) is 16.5 Å². The second kappa shape index (κ2) is 10.1. The van der Waals surface area contributed by atoms with Crippen molar-refractivity contribution in [3.8, 4) is 11.4 Å². The van der Waals surface area contributed by atoms with Crippen LogP contribution in [-0.2, 0) is 17.9 Å². The number of nitrogens with zero attached hydrogens (tertiary/aromatic N) is 1. The number of pyridine rings is 1. The van der Waals surface area contributed by atoms with E-state index in [1.165, 1.54) is 10.6 Å². The minimum Gasteiger partial charge on any atom is -0.487 e. The van der Waals surface area contributed by atoms with E-state index in [1.54, 1.807) is 32.0 Å². The lowest BCUT2D eigenvalue weighted by molar-refractivity contribution is -0.119. The highest BCUT2D eigenvalue weighted by atomic mass is 79.9. The fourth-order valence-electron chi connectivity index (χ4n) is 3.04. The van der Waals surface area contributed by atoms with Gasteiger partial charge in [-0.3, -0.25) is 14.2 Å². The molecule has 9 heteroatoms. The molecule has 0 fully saturated rings. The molecule has 1 atom stereocenters. The van der Waals surface area contributed by atoms with Crippen molar-refractivity contribution >= 4 is 21.8 Å². The van der Waals surface area contributed by atoms with Gasteiger partial charge >= 0.3 is 0 Å². The first-order valence-corrected chi connectivity index (χ1v) is 10.6. The second-order valence-corrected chi connectivity index (χ2v) is 8.09. The van der Waals surface area contributed by atoms with Crippen molar-refractivity contribution in [2.75, 3.05) is 0 Å². The molecule has 3 N–H and O–H groups in total. The Labute approximate surface area is 192 Å². The van der Waals surface area contributed by atoms with Gasteiger partial charge in [-0.05, 0) is 59.6 Å². The molecule has 1 amide bonds. The molecule has 168 valence electrons. The highest BCUT2D eigenvalue weighted by Gasteiger charge is 2.15. The van der Waals surface area contributed by atoms with Gasteiger partial charge in [-0.2, -0.15) is 0 Å². The van der Waals surface area contributed by atoms with Crippen molar-refractivity contribution in [2.45, 2.75) is 33.0 Å². The summed E-state index contributed by atoms with van der Waals surface area (Å²) >= 11 is 3.27. The lowest BCUT2D eigenvalue weighted by atomic mass is 10.2. The number of primary amides is 1. The number of nitrogens with one attached hydrogen (secondary N) is 1. The zero-order chi connectivity index (χ0) is 23.4. The molecular formula is C23H22BrF2N3O3. The Kier molecular flexibility index (Phi) is 7.42. The first-order valence-electron chi connectivity index (χ1n) is 9.78. The minimum absolute atomic E-state index is 0.154. The van der Waals surface area contributed by atoms with Gasteiger partial charge in [0.2, 0.25) is 5.91 Å². The second-order valence-electron chi connectivity index (χ2n) is 7.30. The normalized spacial score (nSPS) is 11.9. The van der Waals surface area contributed by atoms with Gasteiger partial charge in [-0.25, -0.2) is 8.78 Å². The Morgan fingerprint density at radius 1 is 1.19 bits per heavy atom. The standard InChI is InChI=1S/C23H22BrF2N3O3/c1-13-9-20(32-12-16-5-6-17(25)10-19(16)26)21(24)23(31)29(13)18-7-3-15(4-8-18)11-28-14(2)22(27)30/h3-10,14,28H,11-12H2,1-2H3,(H2,27,30). The summed E-state index contributed by atoms with van der Waals surface area (Å²) in [6, 6.07) is 11.7. The number of carbonyl (C=O) groups excluding carboxylic acids is 1. The predicted octanol–water partition coefficient (Wildman–Crippen LogP) is 3.73. The third-order valence-electron chi connectivity index (χ3n) is 4.93. The summed E-state index contributed by atoms with van der Waals surface area (Å²) in [5, 5.41) is 3.02. The van der Waals surface area contributed by atoms with E-state index in [0.29, 0.717) is 17.9 Å². The maximum atomic E-state index is 13.8. The average molecular weight is 506 g/mol. The molecule has 3 aromatic rings. The molecule has 1 heterocycles. The number of amides is 1. The van der Waals surface area contributed by atoms with E-state index in [0.717, 1.165) is 17.7 Å². The van der Waals surface area contributed by atoms with Crippen molar-refractivity contribution in [1.82, 2.24) is 9.88 Å². The van der Waals surface area contributed by atoms with Crippen molar-refractivity contribution in [1.29, 1.82) is 0 Å². The molecule has 0 aliphatic rings. The quantitative estimate of drug-likeness (QED) is 0.488. The molecule has 0 spiro atoms. The van der Waals surface area contributed by atoms with Crippen LogP contribution in [0.2, 0.25) is 0 Å². The number of aryl methyl sites for hydroxylation is 1. The lowest BCUT2D eigenvalue weighted by Crippen LogP contribution is -2.38. The Morgan fingerprint density at radius 2 is 1.88 bits per heavy atom. The first kappa shape index (κ1) is 23.6. The number of nitrogens with two attached hydrogens (primary N) is 1. The van der Waals surface area contributed by atoms with Crippen LogP contribution in [0.25, 0.3) is 5.69 Å². The Morgan fingerprint density at radius 3 is 2.50 bits per heavy atom. The molecule has 0 saturated heterocycles. The van der Waals surface area contributed by atoms with Gasteiger partial charge in [0.05, 0.1) is 6.04 Å². The molecule has 3 rings (SSSR count). The fraction of sp³-hybridized carbons (Fsp3) is 0.217. The van der Waals surface area contributed by atoms with E-state index in [9.17, 15) is 18.4 Å². The predicted molar refractivity (Wildman–Crippen MR) is 121 cm³/mol. The summed E-state index contributed by atoms with van der Waals surface area (Å²) in [6.07, 6.45) is 0. The first-order chi connectivity index (χ1) is 15.2. The van der Waals surface area contributed by atoms with Crippen LogP contribution in [0.5, 0.6) is 5.75 Å². The molecule has 0 aliphatic heterocycles. The number of hydrogen-bond acceptors (Lipinski definition) is 4. The van der Waals surface area contributed by atoms with Crippen LogP contribution in [0.1, 0.15) is 23.7 Å². The van der Waals surface area contributed by atoms with Crippen molar-refractivity contribution in [3.05, 3.63) is 91.8 Å². The van der Waals surface area contributed by atoms with Crippen LogP contribution in [0.15, 0.2) is 57.8 Å². The van der Waals surface area contributed by atoms with E-state index < -0.39 is 23.6 Å². The van der Waals surface area contributed by atoms with Gasteiger partial charge in [-0.15, -0.1) is 0 Å². The maximum Gasteiger partial charge on any atom is 0.273 e. The number of halogens is 3. The number of aromatic nitrogens is 1. The van der Waals surface area contributed by atoms with Crippen LogP contribution in [0, 0.1) is 18.6 Å². The SMILES string of the molecule is Cc1cc(OCc2ccc(F)cc2F)c(Br)c(=O)n1-c1ccc(CNC(C)C(N)=O)cc1. The molecule has 1 aromatic heterocycles. The van der Waals surface area contributed by atoms with Crippen LogP contribution in [0.3, 0.4) is 0 Å². The summed E-state index contributed by atoms with van der Waals surface area (Å²) in [6.45, 7) is 3.74. The molecule has 0 saturated carbocycles. The third-order valence-corrected chi connectivity index (χ3v) is 5.66. The summed E-state index contributed by atoms with van der Waals surface area (Å²) < 4.78 is 34.2. The Balaban J connectivity index is 1.79. The summed E-state index contributed by atoms with van der Waals surface area (Å²) in [5.74, 6) is -1.56. The van der Waals surface area contributed by atoms with Gasteiger partial charge in [0.1, 0.15) is 28.5 Å². The van der Waals surface area contributed by atoms with E-state index in [-0.39, 0.29) is 28.0 Å². The van der Waals surface area contributed by atoms with E-state index in [4.69, 9.17) is 10.5 Å². The molecule has 1 unspecified atom stereocenters. The number of ether oxygens (including phenoxy) is 1.